The van der Waals surface area contributed by atoms with Gasteiger partial charge in [-0.1, -0.05) is 12.1 Å². The molecular formula is C13H11F3N2S. The number of alkyl halides is 3. The van der Waals surface area contributed by atoms with Crippen molar-refractivity contribution in [2.75, 3.05) is 6.54 Å². The molecule has 1 aromatic carbocycles. The molecule has 1 atom stereocenters. The summed E-state index contributed by atoms with van der Waals surface area (Å²) < 4.78 is 37.6. The summed E-state index contributed by atoms with van der Waals surface area (Å²) in [6.45, 7) is 0.820. The number of fused-ring (bicyclic) bond motifs is 1. The zero-order valence-electron chi connectivity index (χ0n) is 9.87. The van der Waals surface area contributed by atoms with Crippen molar-refractivity contribution in [3.8, 4) is 0 Å². The molecule has 0 radical (unpaired) electrons. The SMILES string of the molecule is FC(F)(F)c1ccc(C2NCCc3scnc32)cc1. The van der Waals surface area contributed by atoms with Crippen molar-refractivity contribution < 1.29 is 13.2 Å². The van der Waals surface area contributed by atoms with Gasteiger partial charge in [0.25, 0.3) is 0 Å². The predicted octanol–water partition coefficient (Wildman–Crippen LogP) is 3.40. The van der Waals surface area contributed by atoms with Gasteiger partial charge in [-0.05, 0) is 24.1 Å². The standard InChI is InChI=1S/C13H11F3N2S/c14-13(15,16)9-3-1-8(2-4-9)11-12-10(5-6-17-11)19-7-18-12/h1-4,7,11,17H,5-6H2. The van der Waals surface area contributed by atoms with Gasteiger partial charge >= 0.3 is 6.18 Å². The molecule has 0 saturated heterocycles. The highest BCUT2D eigenvalue weighted by molar-refractivity contribution is 7.09. The predicted molar refractivity (Wildman–Crippen MR) is 67.1 cm³/mol. The third kappa shape index (κ3) is 2.37. The van der Waals surface area contributed by atoms with Crippen LogP contribution < -0.4 is 5.32 Å². The summed E-state index contributed by atoms with van der Waals surface area (Å²) >= 11 is 1.60. The molecule has 0 spiro atoms. The van der Waals surface area contributed by atoms with Crippen molar-refractivity contribution >= 4 is 11.3 Å². The van der Waals surface area contributed by atoms with Crippen LogP contribution in [-0.4, -0.2) is 11.5 Å². The first-order valence-corrected chi connectivity index (χ1v) is 6.76. The topological polar surface area (TPSA) is 24.9 Å². The van der Waals surface area contributed by atoms with Crippen molar-refractivity contribution in [2.24, 2.45) is 0 Å². The van der Waals surface area contributed by atoms with Crippen LogP contribution in [0.3, 0.4) is 0 Å². The van der Waals surface area contributed by atoms with Crippen LogP contribution in [0.5, 0.6) is 0 Å². The summed E-state index contributed by atoms with van der Waals surface area (Å²) in [7, 11) is 0. The van der Waals surface area contributed by atoms with E-state index in [1.54, 1.807) is 16.8 Å². The monoisotopic (exact) mass is 284 g/mol. The largest absolute Gasteiger partial charge is 0.416 e. The van der Waals surface area contributed by atoms with Crippen LogP contribution in [-0.2, 0) is 12.6 Å². The van der Waals surface area contributed by atoms with Crippen LogP contribution in [0.15, 0.2) is 29.8 Å². The molecule has 0 aliphatic carbocycles. The lowest BCUT2D eigenvalue weighted by atomic mass is 9.98. The van der Waals surface area contributed by atoms with Crippen molar-refractivity contribution in [1.82, 2.24) is 10.3 Å². The number of nitrogens with one attached hydrogen (secondary N) is 1. The van der Waals surface area contributed by atoms with Gasteiger partial charge in [0.2, 0.25) is 0 Å². The van der Waals surface area contributed by atoms with Crippen molar-refractivity contribution in [1.29, 1.82) is 0 Å². The van der Waals surface area contributed by atoms with E-state index in [2.05, 4.69) is 10.3 Å². The lowest BCUT2D eigenvalue weighted by molar-refractivity contribution is -0.137. The van der Waals surface area contributed by atoms with Crippen LogP contribution in [0, 0.1) is 0 Å². The summed E-state index contributed by atoms with van der Waals surface area (Å²) in [6.07, 6.45) is -3.36. The molecule has 1 N–H and O–H groups in total. The number of hydrogen-bond donors (Lipinski definition) is 1. The second-order valence-electron chi connectivity index (χ2n) is 4.42. The van der Waals surface area contributed by atoms with Crippen molar-refractivity contribution in [3.05, 3.63) is 51.5 Å². The van der Waals surface area contributed by atoms with E-state index >= 15 is 0 Å². The van der Waals surface area contributed by atoms with E-state index in [-0.39, 0.29) is 6.04 Å². The zero-order valence-corrected chi connectivity index (χ0v) is 10.7. The van der Waals surface area contributed by atoms with E-state index in [1.165, 1.54) is 17.0 Å². The Labute approximate surface area is 112 Å². The third-order valence-corrected chi connectivity index (χ3v) is 4.13. The Bertz CT molecular complexity index is 574. The highest BCUT2D eigenvalue weighted by atomic mass is 32.1. The van der Waals surface area contributed by atoms with Crippen molar-refractivity contribution in [3.63, 3.8) is 0 Å². The van der Waals surface area contributed by atoms with E-state index in [9.17, 15) is 13.2 Å². The number of thiazole rings is 1. The fraction of sp³-hybridized carbons (Fsp3) is 0.308. The normalized spacial score (nSPS) is 19.2. The lowest BCUT2D eigenvalue weighted by Gasteiger charge is -2.23. The number of hydrogen-bond acceptors (Lipinski definition) is 3. The molecule has 0 fully saturated rings. The van der Waals surface area contributed by atoms with Crippen LogP contribution in [0.4, 0.5) is 13.2 Å². The maximum absolute atomic E-state index is 12.5. The van der Waals surface area contributed by atoms with Gasteiger partial charge < -0.3 is 5.32 Å². The molecule has 19 heavy (non-hydrogen) atoms. The summed E-state index contributed by atoms with van der Waals surface area (Å²) in [4.78, 5) is 5.53. The highest BCUT2D eigenvalue weighted by Gasteiger charge is 2.31. The van der Waals surface area contributed by atoms with Gasteiger partial charge in [-0.3, -0.25) is 0 Å². The Morgan fingerprint density at radius 3 is 2.63 bits per heavy atom. The summed E-state index contributed by atoms with van der Waals surface area (Å²) in [6, 6.07) is 5.19. The fourth-order valence-corrected chi connectivity index (χ4v) is 3.07. The lowest BCUT2D eigenvalue weighted by Crippen LogP contribution is -2.30. The summed E-state index contributed by atoms with van der Waals surface area (Å²) in [5.74, 6) is 0. The third-order valence-electron chi connectivity index (χ3n) is 3.22. The fourth-order valence-electron chi connectivity index (χ4n) is 2.27. The Balaban J connectivity index is 1.93. The minimum Gasteiger partial charge on any atom is -0.305 e. The minimum atomic E-state index is -4.29. The van der Waals surface area contributed by atoms with Crippen molar-refractivity contribution in [2.45, 2.75) is 18.6 Å². The maximum atomic E-state index is 12.5. The summed E-state index contributed by atoms with van der Waals surface area (Å²) in [5.41, 5.74) is 2.93. The minimum absolute atomic E-state index is 0.0997. The Kier molecular flexibility index (Phi) is 3.06. The molecule has 0 bridgehead atoms. The van der Waals surface area contributed by atoms with E-state index in [0.29, 0.717) is 0 Å². The summed E-state index contributed by atoms with van der Waals surface area (Å²) in [5, 5.41) is 3.30. The Morgan fingerprint density at radius 1 is 1.21 bits per heavy atom. The molecule has 1 aromatic heterocycles. The zero-order chi connectivity index (χ0) is 13.5. The molecular weight excluding hydrogens is 273 g/mol. The van der Waals surface area contributed by atoms with Gasteiger partial charge in [-0.2, -0.15) is 13.2 Å². The number of nitrogens with zero attached hydrogens (tertiary/aromatic N) is 1. The van der Waals surface area contributed by atoms with Gasteiger partial charge in [0.15, 0.2) is 0 Å². The van der Waals surface area contributed by atoms with Gasteiger partial charge in [0, 0.05) is 11.4 Å². The Hall–Kier alpha value is -1.40. The molecule has 1 unspecified atom stereocenters. The van der Waals surface area contributed by atoms with Gasteiger partial charge in [0.05, 0.1) is 22.8 Å². The van der Waals surface area contributed by atoms with E-state index in [0.717, 1.165) is 36.4 Å². The van der Waals surface area contributed by atoms with E-state index in [1.807, 2.05) is 0 Å². The van der Waals surface area contributed by atoms with E-state index < -0.39 is 11.7 Å². The average molecular weight is 284 g/mol. The van der Waals surface area contributed by atoms with Crippen LogP contribution in [0.1, 0.15) is 27.7 Å². The maximum Gasteiger partial charge on any atom is 0.416 e. The molecule has 2 heterocycles. The number of aromatic nitrogens is 1. The highest BCUT2D eigenvalue weighted by Crippen LogP contribution is 2.33. The first kappa shape index (κ1) is 12.6. The number of benzene rings is 1. The first-order valence-electron chi connectivity index (χ1n) is 5.88. The molecule has 2 nitrogen and oxygen atoms in total. The molecule has 3 rings (SSSR count). The molecule has 6 heteroatoms. The van der Waals surface area contributed by atoms with Crippen LogP contribution >= 0.6 is 11.3 Å². The van der Waals surface area contributed by atoms with E-state index in [4.69, 9.17) is 0 Å². The Morgan fingerprint density at radius 2 is 1.95 bits per heavy atom. The number of rotatable bonds is 1. The molecule has 2 aromatic rings. The second kappa shape index (κ2) is 4.61. The van der Waals surface area contributed by atoms with Crippen LogP contribution in [0.2, 0.25) is 0 Å². The molecule has 1 aliphatic rings. The molecule has 1 aliphatic heterocycles. The average Bonchev–Trinajstić information content (AvgIpc) is 2.86. The van der Waals surface area contributed by atoms with Gasteiger partial charge in [0.1, 0.15) is 0 Å². The molecule has 0 saturated carbocycles. The van der Waals surface area contributed by atoms with Crippen LogP contribution in [0.25, 0.3) is 0 Å². The second-order valence-corrected chi connectivity index (χ2v) is 5.36. The molecule has 100 valence electrons. The molecule has 0 amide bonds. The number of halogens is 3. The smallest absolute Gasteiger partial charge is 0.305 e. The van der Waals surface area contributed by atoms with Gasteiger partial charge in [-0.25, -0.2) is 4.98 Å². The quantitative estimate of drug-likeness (QED) is 0.868. The first-order chi connectivity index (χ1) is 9.05. The van der Waals surface area contributed by atoms with Gasteiger partial charge in [-0.15, -0.1) is 11.3 Å².